The molecule has 3 heteroatoms. The Balaban J connectivity index is 1.73. The van der Waals surface area contributed by atoms with Crippen molar-refractivity contribution in [2.24, 2.45) is 0 Å². The fourth-order valence-corrected chi connectivity index (χ4v) is 2.53. The van der Waals surface area contributed by atoms with Gasteiger partial charge in [0.15, 0.2) is 0 Å². The third-order valence-electron chi connectivity index (χ3n) is 4.11. The SMILES string of the molecule is Cc1ccc(C(C)C)c(OCCCCOc2ccc(C)c(N)c2)c1. The summed E-state index contributed by atoms with van der Waals surface area (Å²) in [6.45, 7) is 9.86. The van der Waals surface area contributed by atoms with Crippen LogP contribution in [0.15, 0.2) is 36.4 Å². The van der Waals surface area contributed by atoms with Crippen LogP contribution in [0.25, 0.3) is 0 Å². The monoisotopic (exact) mass is 327 g/mol. The minimum atomic E-state index is 0.468. The van der Waals surface area contributed by atoms with Gasteiger partial charge in [0, 0.05) is 11.8 Å². The second kappa shape index (κ2) is 8.62. The van der Waals surface area contributed by atoms with E-state index in [1.54, 1.807) is 0 Å². The van der Waals surface area contributed by atoms with Crippen molar-refractivity contribution in [1.29, 1.82) is 0 Å². The van der Waals surface area contributed by atoms with E-state index in [-0.39, 0.29) is 0 Å². The zero-order valence-corrected chi connectivity index (χ0v) is 15.3. The van der Waals surface area contributed by atoms with E-state index in [9.17, 15) is 0 Å². The van der Waals surface area contributed by atoms with Gasteiger partial charge in [-0.05, 0) is 61.4 Å². The van der Waals surface area contributed by atoms with Crippen LogP contribution in [0.5, 0.6) is 11.5 Å². The molecule has 24 heavy (non-hydrogen) atoms. The quantitative estimate of drug-likeness (QED) is 0.532. The standard InChI is InChI=1S/C21H29NO2/c1-15(2)19-10-7-16(3)13-21(19)24-12-6-5-11-23-18-9-8-17(4)20(22)14-18/h7-10,13-15H,5-6,11-12,22H2,1-4H3. The van der Waals surface area contributed by atoms with Gasteiger partial charge in [0.05, 0.1) is 13.2 Å². The van der Waals surface area contributed by atoms with Crippen LogP contribution >= 0.6 is 0 Å². The number of nitrogens with two attached hydrogens (primary N) is 1. The van der Waals surface area contributed by atoms with Crippen LogP contribution < -0.4 is 15.2 Å². The van der Waals surface area contributed by atoms with Crippen LogP contribution in [0, 0.1) is 13.8 Å². The predicted octanol–water partition coefficient (Wildman–Crippen LogP) is 5.25. The molecule has 0 aromatic heterocycles. The Hall–Kier alpha value is -2.16. The van der Waals surface area contributed by atoms with Gasteiger partial charge in [0.2, 0.25) is 0 Å². The van der Waals surface area contributed by atoms with Crippen LogP contribution in [0.3, 0.4) is 0 Å². The largest absolute Gasteiger partial charge is 0.494 e. The first kappa shape index (κ1) is 18.2. The number of benzene rings is 2. The Bertz CT molecular complexity index is 665. The molecule has 2 aromatic carbocycles. The molecule has 0 saturated heterocycles. The average Bonchev–Trinajstić information content (AvgIpc) is 2.53. The summed E-state index contributed by atoms with van der Waals surface area (Å²) in [7, 11) is 0. The lowest BCUT2D eigenvalue weighted by Gasteiger charge is -2.15. The molecule has 0 atom stereocenters. The topological polar surface area (TPSA) is 44.5 Å². The van der Waals surface area contributed by atoms with E-state index < -0.39 is 0 Å². The molecule has 0 fully saturated rings. The molecule has 0 bridgehead atoms. The van der Waals surface area contributed by atoms with Gasteiger partial charge in [-0.15, -0.1) is 0 Å². The number of aryl methyl sites for hydroxylation is 2. The molecule has 0 unspecified atom stereocenters. The molecule has 0 aliphatic rings. The summed E-state index contributed by atoms with van der Waals surface area (Å²) in [5, 5.41) is 0. The van der Waals surface area contributed by atoms with E-state index in [4.69, 9.17) is 15.2 Å². The van der Waals surface area contributed by atoms with Crippen LogP contribution in [-0.2, 0) is 0 Å². The number of rotatable bonds is 8. The number of hydrogen-bond donors (Lipinski definition) is 1. The summed E-state index contributed by atoms with van der Waals surface area (Å²) in [4.78, 5) is 0. The third kappa shape index (κ3) is 5.19. The minimum absolute atomic E-state index is 0.468. The Morgan fingerprint density at radius 2 is 1.62 bits per heavy atom. The molecule has 2 aromatic rings. The molecule has 0 saturated carbocycles. The summed E-state index contributed by atoms with van der Waals surface area (Å²) in [5.41, 5.74) is 10.2. The van der Waals surface area contributed by atoms with Crippen LogP contribution in [-0.4, -0.2) is 13.2 Å². The highest BCUT2D eigenvalue weighted by molar-refractivity contribution is 5.50. The number of ether oxygens (including phenoxy) is 2. The van der Waals surface area contributed by atoms with E-state index in [0.29, 0.717) is 19.1 Å². The highest BCUT2D eigenvalue weighted by Gasteiger charge is 2.08. The van der Waals surface area contributed by atoms with Gasteiger partial charge in [-0.2, -0.15) is 0 Å². The smallest absolute Gasteiger partial charge is 0.122 e. The van der Waals surface area contributed by atoms with E-state index in [1.807, 2.05) is 25.1 Å². The molecule has 130 valence electrons. The lowest BCUT2D eigenvalue weighted by molar-refractivity contribution is 0.264. The van der Waals surface area contributed by atoms with Crippen LogP contribution in [0.1, 0.15) is 49.3 Å². The maximum absolute atomic E-state index is 5.99. The van der Waals surface area contributed by atoms with E-state index in [1.165, 1.54) is 11.1 Å². The summed E-state index contributed by atoms with van der Waals surface area (Å²) in [6, 6.07) is 12.3. The molecule has 3 nitrogen and oxygen atoms in total. The maximum Gasteiger partial charge on any atom is 0.122 e. The van der Waals surface area contributed by atoms with Gasteiger partial charge in [0.1, 0.15) is 11.5 Å². The van der Waals surface area contributed by atoms with Crippen molar-refractivity contribution in [3.63, 3.8) is 0 Å². The van der Waals surface area contributed by atoms with Crippen molar-refractivity contribution in [3.8, 4) is 11.5 Å². The number of unbranched alkanes of at least 4 members (excludes halogenated alkanes) is 1. The number of anilines is 1. The number of nitrogen functional groups attached to an aromatic ring is 1. The van der Waals surface area contributed by atoms with Crippen molar-refractivity contribution in [1.82, 2.24) is 0 Å². The van der Waals surface area contributed by atoms with Crippen molar-refractivity contribution in [2.45, 2.75) is 46.5 Å². The predicted molar refractivity (Wildman–Crippen MR) is 101 cm³/mol. The van der Waals surface area contributed by atoms with Gasteiger partial charge >= 0.3 is 0 Å². The van der Waals surface area contributed by atoms with Crippen molar-refractivity contribution in [2.75, 3.05) is 18.9 Å². The zero-order chi connectivity index (χ0) is 17.5. The first-order valence-electron chi connectivity index (χ1n) is 8.69. The van der Waals surface area contributed by atoms with E-state index in [2.05, 4.69) is 39.0 Å². The molecule has 0 radical (unpaired) electrons. The van der Waals surface area contributed by atoms with E-state index >= 15 is 0 Å². The summed E-state index contributed by atoms with van der Waals surface area (Å²) >= 11 is 0. The Kier molecular flexibility index (Phi) is 6.53. The molecular formula is C21H29NO2. The molecular weight excluding hydrogens is 298 g/mol. The second-order valence-corrected chi connectivity index (χ2v) is 6.62. The van der Waals surface area contributed by atoms with Gasteiger partial charge in [-0.1, -0.05) is 32.0 Å². The zero-order valence-electron chi connectivity index (χ0n) is 15.3. The lowest BCUT2D eigenvalue weighted by atomic mass is 10.0. The number of hydrogen-bond acceptors (Lipinski definition) is 3. The summed E-state index contributed by atoms with van der Waals surface area (Å²) in [6.07, 6.45) is 1.92. The Morgan fingerprint density at radius 3 is 2.29 bits per heavy atom. The Morgan fingerprint density at radius 1 is 0.917 bits per heavy atom. The third-order valence-corrected chi connectivity index (χ3v) is 4.11. The van der Waals surface area contributed by atoms with Crippen molar-refractivity contribution < 1.29 is 9.47 Å². The lowest BCUT2D eigenvalue weighted by Crippen LogP contribution is -2.05. The molecule has 0 aliphatic carbocycles. The molecule has 0 heterocycles. The first-order valence-corrected chi connectivity index (χ1v) is 8.69. The molecule has 0 aliphatic heterocycles. The highest BCUT2D eigenvalue weighted by atomic mass is 16.5. The van der Waals surface area contributed by atoms with Crippen molar-refractivity contribution >= 4 is 5.69 Å². The molecule has 2 rings (SSSR count). The summed E-state index contributed by atoms with van der Waals surface area (Å²) in [5.74, 6) is 2.31. The van der Waals surface area contributed by atoms with E-state index in [0.717, 1.165) is 35.6 Å². The molecule has 0 amide bonds. The minimum Gasteiger partial charge on any atom is -0.494 e. The van der Waals surface area contributed by atoms with Gasteiger partial charge in [0.25, 0.3) is 0 Å². The highest BCUT2D eigenvalue weighted by Crippen LogP contribution is 2.27. The van der Waals surface area contributed by atoms with Crippen LogP contribution in [0.4, 0.5) is 5.69 Å². The fourth-order valence-electron chi connectivity index (χ4n) is 2.53. The maximum atomic E-state index is 5.99. The molecule has 2 N–H and O–H groups in total. The van der Waals surface area contributed by atoms with Gasteiger partial charge in [-0.25, -0.2) is 0 Å². The Labute approximate surface area is 145 Å². The first-order chi connectivity index (χ1) is 11.5. The molecule has 0 spiro atoms. The summed E-state index contributed by atoms with van der Waals surface area (Å²) < 4.78 is 11.7. The fraction of sp³-hybridized carbons (Fsp3) is 0.429. The van der Waals surface area contributed by atoms with Gasteiger partial charge in [-0.3, -0.25) is 0 Å². The van der Waals surface area contributed by atoms with Gasteiger partial charge < -0.3 is 15.2 Å². The van der Waals surface area contributed by atoms with Crippen LogP contribution in [0.2, 0.25) is 0 Å². The van der Waals surface area contributed by atoms with Crippen molar-refractivity contribution in [3.05, 3.63) is 53.1 Å². The average molecular weight is 327 g/mol. The normalized spacial score (nSPS) is 10.9. The second-order valence-electron chi connectivity index (χ2n) is 6.62.